The van der Waals surface area contributed by atoms with E-state index in [0.717, 1.165) is 66.7 Å². The molecule has 5 heterocycles. The van der Waals surface area contributed by atoms with E-state index in [1.165, 1.54) is 19.3 Å². The Labute approximate surface area is 285 Å². The van der Waals surface area contributed by atoms with E-state index in [-0.39, 0.29) is 30.3 Å². The Bertz CT molecular complexity index is 1650. The molecule has 2 fully saturated rings. The molecule has 0 spiro atoms. The van der Waals surface area contributed by atoms with Gasteiger partial charge >= 0.3 is 6.03 Å². The molecule has 250 valence electrons. The van der Waals surface area contributed by atoms with Crippen LogP contribution in [0.5, 0.6) is 0 Å². The molecule has 4 amide bonds. The fourth-order valence-electron chi connectivity index (χ4n) is 7.95. The average molecular weight is 681 g/mol. The summed E-state index contributed by atoms with van der Waals surface area (Å²) in [6.45, 7) is 5.73. The van der Waals surface area contributed by atoms with Gasteiger partial charge in [-0.15, -0.1) is 0 Å². The lowest BCUT2D eigenvalue weighted by atomic mass is 9.88. The highest BCUT2D eigenvalue weighted by Gasteiger charge is 2.35. The lowest BCUT2D eigenvalue weighted by Crippen LogP contribution is -2.50. The number of hydrogen-bond donors (Lipinski definition) is 2. The van der Waals surface area contributed by atoms with Crippen molar-refractivity contribution >= 4 is 57.6 Å². The van der Waals surface area contributed by atoms with Gasteiger partial charge in [0, 0.05) is 68.7 Å². The van der Waals surface area contributed by atoms with Crippen molar-refractivity contribution in [3.63, 3.8) is 0 Å². The van der Waals surface area contributed by atoms with Crippen molar-refractivity contribution in [2.24, 2.45) is 5.92 Å². The molecule has 1 atom stereocenters. The number of nitrogens with one attached hydrogen (secondary N) is 2. The number of likely N-dealkylation sites (tertiary alicyclic amines) is 2. The number of anilines is 1. The van der Waals surface area contributed by atoms with Gasteiger partial charge < -0.3 is 24.9 Å². The van der Waals surface area contributed by atoms with Crippen molar-refractivity contribution in [2.75, 3.05) is 51.1 Å². The van der Waals surface area contributed by atoms with Crippen LogP contribution in [0.1, 0.15) is 61.6 Å². The molecule has 7 rings (SSSR count). The largest absolute Gasteiger partial charge is 0.343 e. The van der Waals surface area contributed by atoms with E-state index in [4.69, 9.17) is 23.2 Å². The van der Waals surface area contributed by atoms with E-state index in [1.807, 2.05) is 39.0 Å². The number of rotatable bonds is 6. The molecule has 2 N–H and O–H groups in total. The second-order valence-electron chi connectivity index (χ2n) is 13.5. The van der Waals surface area contributed by atoms with Gasteiger partial charge in [-0.05, 0) is 86.9 Å². The van der Waals surface area contributed by atoms with Gasteiger partial charge in [-0.2, -0.15) is 5.10 Å². The summed E-state index contributed by atoms with van der Waals surface area (Å²) in [6, 6.07) is 9.91. The summed E-state index contributed by atoms with van der Waals surface area (Å²) in [5.41, 5.74) is 4.69. The fourth-order valence-corrected chi connectivity index (χ4v) is 8.46. The third kappa shape index (κ3) is 6.82. The number of piperidine rings is 2. The Balaban J connectivity index is 1.03. The van der Waals surface area contributed by atoms with Crippen LogP contribution in [0.15, 0.2) is 30.3 Å². The minimum Gasteiger partial charge on any atom is -0.343 e. The minimum atomic E-state index is -0.418. The van der Waals surface area contributed by atoms with Crippen LogP contribution in [-0.4, -0.2) is 99.5 Å². The molecule has 4 aliphatic rings. The van der Waals surface area contributed by atoms with Crippen LogP contribution in [-0.2, 0) is 29.0 Å². The SMILES string of the molecule is O=C(C[C@@H]1CCc2cc(Cl)c3n[nH]c(Cl)c3c2CN(CCN2CCCCC2)C1=O)N1CCC(N2CCc3ccccc3NC2=O)CC1. The van der Waals surface area contributed by atoms with Crippen molar-refractivity contribution in [3.05, 3.63) is 57.2 Å². The number of aromatic nitrogens is 2. The molecule has 4 aliphatic heterocycles. The zero-order chi connectivity index (χ0) is 32.5. The first kappa shape index (κ1) is 32.2. The summed E-state index contributed by atoms with van der Waals surface area (Å²) < 4.78 is 0. The number of aromatic amines is 1. The molecule has 3 aromatic rings. The quantitative estimate of drug-likeness (QED) is 0.347. The van der Waals surface area contributed by atoms with E-state index in [1.54, 1.807) is 0 Å². The van der Waals surface area contributed by atoms with Gasteiger partial charge in [0.1, 0.15) is 10.7 Å². The number of halogens is 2. The summed E-state index contributed by atoms with van der Waals surface area (Å²) in [5.74, 6) is -0.379. The van der Waals surface area contributed by atoms with Crippen molar-refractivity contribution in [1.82, 2.24) is 29.8 Å². The number of aryl methyl sites for hydroxylation is 1. The molecule has 2 aromatic carbocycles. The molecule has 47 heavy (non-hydrogen) atoms. The van der Waals surface area contributed by atoms with Gasteiger partial charge in [0.25, 0.3) is 0 Å². The standard InChI is InChI=1S/C35H43Cl2N7O3/c36-28-20-24-8-9-25(34(46)43(19-18-41-13-4-1-5-14-41)22-27(24)31-32(28)39-40-33(31)37)21-30(45)42-15-11-26(12-16-42)44-17-10-23-6-2-3-7-29(23)38-35(44)47/h2-3,6-7,20,25-26H,1,4-5,8-19,21-22H2,(H,38,47)(H,39,40)/t25-/m0/s1. The Kier molecular flexibility index (Phi) is 9.61. The first-order chi connectivity index (χ1) is 22.9. The normalized spacial score (nSPS) is 21.6. The summed E-state index contributed by atoms with van der Waals surface area (Å²) in [4.78, 5) is 49.3. The Morgan fingerprint density at radius 3 is 2.51 bits per heavy atom. The second kappa shape index (κ2) is 14.0. The lowest BCUT2D eigenvalue weighted by molar-refractivity contribution is -0.143. The highest BCUT2D eigenvalue weighted by atomic mass is 35.5. The summed E-state index contributed by atoms with van der Waals surface area (Å²) >= 11 is 13.2. The summed E-state index contributed by atoms with van der Waals surface area (Å²) in [6.07, 6.45) is 7.25. The Morgan fingerprint density at radius 1 is 0.915 bits per heavy atom. The van der Waals surface area contributed by atoms with Gasteiger partial charge in [-0.25, -0.2) is 4.79 Å². The summed E-state index contributed by atoms with van der Waals surface area (Å²) in [7, 11) is 0. The zero-order valence-electron chi connectivity index (χ0n) is 26.8. The van der Waals surface area contributed by atoms with Gasteiger partial charge in [0.2, 0.25) is 11.8 Å². The molecule has 0 bridgehead atoms. The first-order valence-corrected chi connectivity index (χ1v) is 17.9. The van der Waals surface area contributed by atoms with Gasteiger partial charge in [-0.3, -0.25) is 14.7 Å². The smallest absolute Gasteiger partial charge is 0.322 e. The number of benzene rings is 2. The van der Waals surface area contributed by atoms with E-state index >= 15 is 0 Å². The minimum absolute atomic E-state index is 0.0117. The fraction of sp³-hybridized carbons (Fsp3) is 0.543. The topological polar surface area (TPSA) is 105 Å². The third-order valence-corrected chi connectivity index (χ3v) is 11.2. The van der Waals surface area contributed by atoms with Crippen LogP contribution in [0.2, 0.25) is 10.2 Å². The number of urea groups is 1. The number of hydrogen-bond acceptors (Lipinski definition) is 5. The number of nitrogens with zero attached hydrogens (tertiary/aromatic N) is 5. The Morgan fingerprint density at radius 2 is 1.70 bits per heavy atom. The number of amides is 4. The number of H-pyrrole nitrogens is 1. The molecule has 12 heteroatoms. The van der Waals surface area contributed by atoms with Crippen molar-refractivity contribution < 1.29 is 14.4 Å². The molecule has 0 radical (unpaired) electrons. The number of para-hydroxylation sites is 1. The molecule has 1 aromatic heterocycles. The van der Waals surface area contributed by atoms with E-state index in [9.17, 15) is 14.4 Å². The van der Waals surface area contributed by atoms with Crippen LogP contribution in [0.3, 0.4) is 0 Å². The maximum atomic E-state index is 14.2. The predicted octanol–water partition coefficient (Wildman–Crippen LogP) is 5.72. The number of carbonyl (C=O) groups is 3. The summed E-state index contributed by atoms with van der Waals surface area (Å²) in [5, 5.41) is 12.0. The van der Waals surface area contributed by atoms with Crippen molar-refractivity contribution in [2.45, 2.75) is 70.4 Å². The van der Waals surface area contributed by atoms with Crippen LogP contribution in [0.4, 0.5) is 10.5 Å². The molecule has 10 nitrogen and oxygen atoms in total. The lowest BCUT2D eigenvalue weighted by Gasteiger charge is -2.38. The van der Waals surface area contributed by atoms with E-state index in [0.29, 0.717) is 61.3 Å². The van der Waals surface area contributed by atoms with Crippen molar-refractivity contribution in [3.8, 4) is 0 Å². The van der Waals surface area contributed by atoms with Gasteiger partial charge in [0.05, 0.1) is 5.02 Å². The second-order valence-corrected chi connectivity index (χ2v) is 14.3. The average Bonchev–Trinajstić information content (AvgIpc) is 3.39. The first-order valence-electron chi connectivity index (χ1n) is 17.1. The molecule has 2 saturated heterocycles. The molecule has 0 unspecified atom stereocenters. The van der Waals surface area contributed by atoms with Gasteiger partial charge in [-0.1, -0.05) is 47.8 Å². The van der Waals surface area contributed by atoms with Gasteiger partial charge in [0.15, 0.2) is 0 Å². The van der Waals surface area contributed by atoms with E-state index in [2.05, 4.69) is 26.5 Å². The maximum absolute atomic E-state index is 14.2. The highest BCUT2D eigenvalue weighted by molar-refractivity contribution is 6.39. The molecule has 0 aliphatic carbocycles. The monoisotopic (exact) mass is 679 g/mol. The highest BCUT2D eigenvalue weighted by Crippen LogP contribution is 2.37. The van der Waals surface area contributed by atoms with Crippen molar-refractivity contribution in [1.29, 1.82) is 0 Å². The van der Waals surface area contributed by atoms with Crippen LogP contribution in [0, 0.1) is 5.92 Å². The maximum Gasteiger partial charge on any atom is 0.322 e. The third-order valence-electron chi connectivity index (χ3n) is 10.7. The predicted molar refractivity (Wildman–Crippen MR) is 184 cm³/mol. The molecule has 0 saturated carbocycles. The number of carbonyl (C=O) groups excluding carboxylic acids is 3. The van der Waals surface area contributed by atoms with E-state index < -0.39 is 5.92 Å². The molecular formula is C35H43Cl2N7O3. The number of fused-ring (bicyclic) bond motifs is 4. The molecular weight excluding hydrogens is 637 g/mol. The van der Waals surface area contributed by atoms with Crippen LogP contribution in [0.25, 0.3) is 10.9 Å². The van der Waals surface area contributed by atoms with Crippen LogP contribution >= 0.6 is 23.2 Å². The Hall–Kier alpha value is -3.34. The van der Waals surface area contributed by atoms with Crippen LogP contribution < -0.4 is 5.32 Å². The zero-order valence-corrected chi connectivity index (χ0v) is 28.3.